The van der Waals surface area contributed by atoms with Crippen LogP contribution in [0.2, 0.25) is 0 Å². The van der Waals surface area contributed by atoms with Gasteiger partial charge in [-0.1, -0.05) is 260 Å². The predicted octanol–water partition coefficient (Wildman–Crippen LogP) is 25.1. The first-order chi connectivity index (χ1) is 62.6. The zero-order valence-electron chi connectivity index (χ0n) is 88.2. The van der Waals surface area contributed by atoms with E-state index in [1.807, 2.05) is 12.1 Å². The molecule has 0 aliphatic heterocycles. The topological polar surface area (TPSA) is 52.6 Å². The van der Waals surface area contributed by atoms with E-state index in [-0.39, 0.29) is 65.2 Å². The van der Waals surface area contributed by atoms with Crippen molar-refractivity contribution in [2.75, 3.05) is 0 Å². The standard InChI is InChI=1S/C44H26O2.C42H24O2/c1-3-15-34-32(13-1)41(28-25-23-27(24-26-28)29-17-9-18-36-30-11-5-7-21-39(30)45-43(29)36)33-14-2-4-16-35(33)42(34)38-20-10-19-37-31-12-6-8-22-40(31)46-44(37)38;1-2-11-26-23-39-36(22-25(26)10-1)29-21-20-27(24-38(29)43-39)40-30-13-3-5-15-32(30)41(33-16-6-4-14-31(33)40)35-18-9-17-34-28-12-7-8-19-37(28)44-42(34)35/h1-26H;1-24H/i1D,2D,3D,4D,5D,6D,7D,8D,9D,10D,11D,12D,13D,14D,15D,16D,17D,18D,19D,20D,21D,22D,23D,24D,25D,26D;1D,2D,3D,4D,5D,6D,10D,11D,13D,14D,15D,16D,20D,21D,22D,23D,24D. The Bertz CT molecular complexity index is 8860. The highest BCUT2D eigenvalue weighted by Crippen LogP contribution is 2.50. The van der Waals surface area contributed by atoms with Crippen molar-refractivity contribution in [3.8, 4) is 55.6 Å². The fourth-order valence-electron chi connectivity index (χ4n) is 11.8. The van der Waals surface area contributed by atoms with Crippen LogP contribution in [-0.4, -0.2) is 0 Å². The summed E-state index contributed by atoms with van der Waals surface area (Å²) in [5.74, 6) is 0. The first-order valence-electron chi connectivity index (χ1n) is 48.7. The average Bonchev–Trinajstić information content (AvgIpc) is 1.60. The monoisotopic (exact) mass is 1190 g/mol. The SMILES string of the molecule is [2H]c1c([2H])c(-c2c3c([2H])c([2H])c([2H])c([2H])c3c(-c3c([2H])c([2H])c([2H])c4c3oc3c([2H])c([2H])c([2H])c([2H])c34)c3c([2H])c([2H])c([2H])c([2H])c23)c([2H])c([2H])c1-c1c([2H])c([2H])c([2H])c2c1oc1c([2H])c([2H])c([2H])c([2H])c12.[2H]c1c([2H])c([2H])c2c([2H])c3c(oc4c([2H])c(-c5c6c([2H])c([2H])c([2H])c([2H])c6c(-c6cccc7c6oc6ccccc67)c6c([2H])c([2H])c([2H])c([2H])c56)c([2H])c([2H])c43)c([2H])c2c1[2H]. The van der Waals surface area contributed by atoms with Crippen LogP contribution < -0.4 is 0 Å². The second kappa shape index (κ2) is 19.8. The Kier molecular flexibility index (Phi) is 5.26. The molecule has 20 aromatic rings. The normalized spacial score (nSPS) is 18.7. The molecule has 4 aromatic heterocycles. The second-order valence-corrected chi connectivity index (χ2v) is 20.3. The molecule has 0 spiro atoms. The van der Waals surface area contributed by atoms with Gasteiger partial charge in [0.1, 0.15) is 44.7 Å². The fourth-order valence-corrected chi connectivity index (χ4v) is 11.8. The molecule has 16 aromatic carbocycles. The summed E-state index contributed by atoms with van der Waals surface area (Å²) in [7, 11) is 0. The molecule has 4 nitrogen and oxygen atoms in total. The maximum absolute atomic E-state index is 9.65. The molecule has 0 aliphatic carbocycles. The molecule has 0 aliphatic rings. The van der Waals surface area contributed by atoms with E-state index in [4.69, 9.17) is 54.7 Å². The van der Waals surface area contributed by atoms with Gasteiger partial charge in [0.2, 0.25) is 0 Å². The quantitative estimate of drug-likeness (QED) is 0.161. The van der Waals surface area contributed by atoms with Gasteiger partial charge in [-0.25, -0.2) is 0 Å². The first kappa shape index (κ1) is 23.9. The van der Waals surface area contributed by atoms with E-state index in [9.17, 15) is 21.9 Å². The highest BCUT2D eigenvalue weighted by atomic mass is 16.3. The number of furan rings is 4. The molecule has 4 heterocycles. The van der Waals surface area contributed by atoms with Crippen LogP contribution in [0, 0.1) is 0 Å². The zero-order valence-corrected chi connectivity index (χ0v) is 45.2. The van der Waals surface area contributed by atoms with Gasteiger partial charge in [0.25, 0.3) is 0 Å². The van der Waals surface area contributed by atoms with Gasteiger partial charge in [0.15, 0.2) is 0 Å². The van der Waals surface area contributed by atoms with Crippen molar-refractivity contribution >= 4 is 142 Å². The summed E-state index contributed by atoms with van der Waals surface area (Å²) >= 11 is 0. The first-order valence-corrected chi connectivity index (χ1v) is 27.2. The summed E-state index contributed by atoms with van der Waals surface area (Å²) in [5, 5.41) is -5.55. The van der Waals surface area contributed by atoms with Crippen LogP contribution in [0.5, 0.6) is 0 Å². The van der Waals surface area contributed by atoms with Crippen LogP contribution in [0.15, 0.2) is 320 Å². The van der Waals surface area contributed by atoms with E-state index in [0.29, 0.717) is 16.4 Å². The van der Waals surface area contributed by atoms with Crippen LogP contribution in [0.1, 0.15) is 58.9 Å². The van der Waals surface area contributed by atoms with Gasteiger partial charge in [-0.2, -0.15) is 0 Å². The molecule has 0 radical (unpaired) electrons. The lowest BCUT2D eigenvalue weighted by Gasteiger charge is -2.18. The lowest BCUT2D eigenvalue weighted by Crippen LogP contribution is -1.91. The van der Waals surface area contributed by atoms with Crippen molar-refractivity contribution in [1.82, 2.24) is 0 Å². The largest absolute Gasteiger partial charge is 0.456 e. The molecule has 0 saturated carbocycles. The Morgan fingerprint density at radius 1 is 0.200 bits per heavy atom. The summed E-state index contributed by atoms with van der Waals surface area (Å²) in [6, 6.07) is -21.9. The van der Waals surface area contributed by atoms with Crippen LogP contribution in [0.3, 0.4) is 0 Å². The smallest absolute Gasteiger partial charge is 0.143 e. The third-order valence-electron chi connectivity index (χ3n) is 15.6. The van der Waals surface area contributed by atoms with Gasteiger partial charge in [0.05, 0.1) is 58.9 Å². The Morgan fingerprint density at radius 3 is 1.22 bits per heavy atom. The van der Waals surface area contributed by atoms with Gasteiger partial charge < -0.3 is 17.7 Å². The van der Waals surface area contributed by atoms with Gasteiger partial charge in [0, 0.05) is 70.9 Å². The Morgan fingerprint density at radius 2 is 0.611 bits per heavy atom. The molecule has 0 N–H and O–H groups in total. The van der Waals surface area contributed by atoms with Gasteiger partial charge in [-0.3, -0.25) is 0 Å². The van der Waals surface area contributed by atoms with Crippen molar-refractivity contribution in [3.05, 3.63) is 302 Å². The van der Waals surface area contributed by atoms with E-state index >= 15 is 0 Å². The van der Waals surface area contributed by atoms with E-state index in [2.05, 4.69) is 0 Å². The Labute approximate surface area is 575 Å². The lowest BCUT2D eigenvalue weighted by molar-refractivity contribution is 0.669. The zero-order chi connectivity index (χ0) is 96.4. The van der Waals surface area contributed by atoms with Crippen molar-refractivity contribution in [1.29, 1.82) is 0 Å². The molecule has 0 atom stereocenters. The van der Waals surface area contributed by atoms with E-state index in [0.717, 1.165) is 0 Å². The molecule has 418 valence electrons. The minimum Gasteiger partial charge on any atom is -0.456 e. The maximum Gasteiger partial charge on any atom is 0.143 e. The minimum atomic E-state index is -1.06. The lowest BCUT2D eigenvalue weighted by atomic mass is 9.85. The maximum atomic E-state index is 9.65. The minimum absolute atomic E-state index is 0.0318. The van der Waals surface area contributed by atoms with Gasteiger partial charge >= 0.3 is 0 Å². The summed E-state index contributed by atoms with van der Waals surface area (Å²) in [4.78, 5) is 0. The average molecular weight is 1190 g/mol. The summed E-state index contributed by atoms with van der Waals surface area (Å²) in [5.41, 5.74) is -7.42. The molecule has 0 unspecified atom stereocenters. The van der Waals surface area contributed by atoms with Crippen LogP contribution >= 0.6 is 0 Å². The molecule has 4 heteroatoms. The predicted molar refractivity (Wildman–Crippen MR) is 377 cm³/mol. The fraction of sp³-hybridized carbons (Fsp3) is 0. The summed E-state index contributed by atoms with van der Waals surface area (Å²) < 4.78 is 410. The van der Waals surface area contributed by atoms with Crippen molar-refractivity contribution in [2.24, 2.45) is 0 Å². The number of fused-ring (bicyclic) bond motifs is 17. The third kappa shape index (κ3) is 7.62. The van der Waals surface area contributed by atoms with Gasteiger partial charge in [-0.15, -0.1) is 0 Å². The number of benzene rings is 16. The highest BCUT2D eigenvalue weighted by molar-refractivity contribution is 6.27. The van der Waals surface area contributed by atoms with Crippen molar-refractivity contribution in [2.45, 2.75) is 0 Å². The Hall–Kier alpha value is -12.0. The number of hydrogen-bond acceptors (Lipinski definition) is 4. The molecule has 0 saturated heterocycles. The second-order valence-electron chi connectivity index (χ2n) is 20.3. The van der Waals surface area contributed by atoms with Crippen LogP contribution in [-0.2, 0) is 0 Å². The molecule has 0 amide bonds. The molecular weight excluding hydrogens is 1100 g/mol. The van der Waals surface area contributed by atoms with Crippen LogP contribution in [0.25, 0.3) is 197 Å². The highest BCUT2D eigenvalue weighted by Gasteiger charge is 2.24. The van der Waals surface area contributed by atoms with Crippen molar-refractivity contribution < 1.29 is 76.6 Å². The van der Waals surface area contributed by atoms with Gasteiger partial charge in [-0.05, 0) is 124 Å². The number of rotatable bonds is 5. The molecule has 20 rings (SSSR count). The van der Waals surface area contributed by atoms with E-state index < -0.39 is 376 Å². The molecular formula is C86H50O4. The Balaban J connectivity index is 0.000000174. The third-order valence-corrected chi connectivity index (χ3v) is 15.6. The molecule has 90 heavy (non-hydrogen) atoms. The van der Waals surface area contributed by atoms with Crippen LogP contribution in [0.4, 0.5) is 0 Å². The number of para-hydroxylation sites is 6. The number of hydrogen-bond donors (Lipinski definition) is 0. The molecule has 0 fully saturated rings. The van der Waals surface area contributed by atoms with Crippen molar-refractivity contribution in [3.63, 3.8) is 0 Å². The summed E-state index contributed by atoms with van der Waals surface area (Å²) in [6.07, 6.45) is 0. The summed E-state index contributed by atoms with van der Waals surface area (Å²) in [6.45, 7) is 0. The van der Waals surface area contributed by atoms with E-state index in [1.165, 1.54) is 0 Å². The van der Waals surface area contributed by atoms with E-state index in [1.54, 1.807) is 30.3 Å². The molecule has 0 bridgehead atoms.